The van der Waals surface area contributed by atoms with Gasteiger partial charge in [-0.05, 0) is 16.7 Å². The molecule has 1 aromatic heterocycles. The van der Waals surface area contributed by atoms with Crippen LogP contribution in [0.15, 0.2) is 91.0 Å². The van der Waals surface area contributed by atoms with E-state index in [2.05, 4.69) is 0 Å². The van der Waals surface area contributed by atoms with Gasteiger partial charge in [-0.2, -0.15) is 15.0 Å². The van der Waals surface area contributed by atoms with Crippen molar-refractivity contribution >= 4 is 17.8 Å². The summed E-state index contributed by atoms with van der Waals surface area (Å²) in [4.78, 5) is 33.6. The van der Waals surface area contributed by atoms with Crippen LogP contribution in [0.4, 0.5) is 17.8 Å². The van der Waals surface area contributed by atoms with Crippen molar-refractivity contribution in [1.29, 1.82) is 0 Å². The number of nitrogens with zero attached hydrogens (tertiary/aromatic N) is 6. The van der Waals surface area contributed by atoms with Gasteiger partial charge < -0.3 is 14.2 Å². The molecule has 234 valence electrons. The van der Waals surface area contributed by atoms with Gasteiger partial charge in [0.15, 0.2) is 0 Å². The lowest BCUT2D eigenvalue weighted by molar-refractivity contribution is 0.0768. The van der Waals surface area contributed by atoms with Gasteiger partial charge in [-0.3, -0.25) is 14.5 Å². The minimum Gasteiger partial charge on any atom is -0.371 e. The first-order valence-electron chi connectivity index (χ1n) is 15.2. The first-order valence-corrected chi connectivity index (χ1v) is 15.2. The monoisotopic (exact) mass is 612 g/mol. The summed E-state index contributed by atoms with van der Waals surface area (Å²) in [7, 11) is 0. The summed E-state index contributed by atoms with van der Waals surface area (Å²) in [6, 6.07) is 30.1. The number of hydrogen-bond acceptors (Lipinski definition) is 12. The Morgan fingerprint density at radius 1 is 0.467 bits per heavy atom. The molecule has 3 aliphatic heterocycles. The smallest absolute Gasteiger partial charge is 0.256 e. The molecule has 0 bridgehead atoms. The summed E-state index contributed by atoms with van der Waals surface area (Å²) >= 11 is 0. The molecule has 0 spiro atoms. The van der Waals surface area contributed by atoms with E-state index in [1.807, 2.05) is 91.0 Å². The molecule has 0 aliphatic carbocycles. The lowest BCUT2D eigenvalue weighted by atomic mass is 10.2. The molecule has 3 fully saturated rings. The van der Waals surface area contributed by atoms with Crippen molar-refractivity contribution in [2.45, 2.75) is 37.9 Å². The summed E-state index contributed by atoms with van der Waals surface area (Å²) in [5.41, 5.74) is 3.10. The quantitative estimate of drug-likeness (QED) is 0.120. The average molecular weight is 613 g/mol. The molecule has 0 amide bonds. The fraction of sp³-hybridized carbons (Fsp3) is 0.364. The fourth-order valence-corrected chi connectivity index (χ4v) is 4.46. The second kappa shape index (κ2) is 14.3. The fourth-order valence-electron chi connectivity index (χ4n) is 4.46. The van der Waals surface area contributed by atoms with E-state index in [-0.39, 0.29) is 18.3 Å². The van der Waals surface area contributed by atoms with Crippen LogP contribution in [0.2, 0.25) is 0 Å². The van der Waals surface area contributed by atoms with Crippen LogP contribution in [0.3, 0.4) is 0 Å². The van der Waals surface area contributed by atoms with Gasteiger partial charge in [0, 0.05) is 0 Å². The zero-order valence-electron chi connectivity index (χ0n) is 24.9. The Morgan fingerprint density at radius 3 is 0.978 bits per heavy atom. The van der Waals surface area contributed by atoms with Gasteiger partial charge in [-0.15, -0.1) is 0 Å². The summed E-state index contributed by atoms with van der Waals surface area (Å²) in [5.74, 6) is 0.939. The number of benzene rings is 3. The van der Waals surface area contributed by atoms with Gasteiger partial charge >= 0.3 is 0 Å². The molecule has 12 nitrogen and oxygen atoms in total. The Bertz CT molecular complexity index is 1300. The van der Waals surface area contributed by atoms with Crippen molar-refractivity contribution in [2.75, 3.05) is 54.8 Å². The largest absolute Gasteiger partial charge is 0.371 e. The lowest BCUT2D eigenvalue weighted by Crippen LogP contribution is -2.33. The van der Waals surface area contributed by atoms with E-state index in [1.165, 1.54) is 0 Å². The van der Waals surface area contributed by atoms with Crippen molar-refractivity contribution in [3.8, 4) is 0 Å². The van der Waals surface area contributed by atoms with E-state index in [0.29, 0.717) is 77.1 Å². The van der Waals surface area contributed by atoms with Crippen LogP contribution in [-0.4, -0.2) is 72.9 Å². The average Bonchev–Trinajstić information content (AvgIpc) is 3.92. The van der Waals surface area contributed by atoms with Crippen molar-refractivity contribution in [3.05, 3.63) is 108 Å². The second-order valence-electron chi connectivity index (χ2n) is 11.1. The Balaban J connectivity index is 1.27. The minimum absolute atomic E-state index is 0.0389. The Kier molecular flexibility index (Phi) is 9.38. The number of rotatable bonds is 18. The third-order valence-electron chi connectivity index (χ3n) is 7.23. The highest BCUT2D eigenvalue weighted by Gasteiger charge is 2.30. The molecule has 0 N–H and O–H groups in total. The van der Waals surface area contributed by atoms with Crippen LogP contribution >= 0.6 is 0 Å². The molecule has 45 heavy (non-hydrogen) atoms. The van der Waals surface area contributed by atoms with Gasteiger partial charge in [0.2, 0.25) is 0 Å². The number of ether oxygens (including phenoxy) is 3. The van der Waals surface area contributed by atoms with Gasteiger partial charge in [0.05, 0.1) is 39.5 Å². The van der Waals surface area contributed by atoms with Crippen molar-refractivity contribution in [1.82, 2.24) is 15.0 Å². The minimum atomic E-state index is 0.0389. The maximum atomic E-state index is 6.28. The molecule has 12 heteroatoms. The third-order valence-corrected chi connectivity index (χ3v) is 7.23. The SMILES string of the molecule is c1ccc(CN(OCC2CO2)c2nc(N(Cc3ccccc3)OCC3CO3)nc(N(Cc3ccccc3)OCC3CO3)n2)cc1. The Morgan fingerprint density at radius 2 is 0.733 bits per heavy atom. The van der Waals surface area contributed by atoms with Crippen LogP contribution in [0.1, 0.15) is 16.7 Å². The summed E-state index contributed by atoms with van der Waals surface area (Å²) in [6.07, 6.45) is 0.117. The maximum Gasteiger partial charge on any atom is 0.256 e. The molecule has 3 aliphatic rings. The topological polar surface area (TPSA) is 114 Å². The predicted octanol–water partition coefficient (Wildman–Crippen LogP) is 3.88. The highest BCUT2D eigenvalue weighted by Crippen LogP contribution is 2.26. The molecule has 3 unspecified atom stereocenters. The van der Waals surface area contributed by atoms with Crippen molar-refractivity contribution in [3.63, 3.8) is 0 Å². The van der Waals surface area contributed by atoms with Crippen LogP contribution in [0.5, 0.6) is 0 Å². The molecule has 4 heterocycles. The molecule has 0 radical (unpaired) electrons. The number of hydroxylamine groups is 3. The molecule has 3 aromatic carbocycles. The molecule has 3 saturated heterocycles. The van der Waals surface area contributed by atoms with Crippen LogP contribution in [0.25, 0.3) is 0 Å². The number of aromatic nitrogens is 3. The Labute approximate surface area is 261 Å². The normalized spacial score (nSPS) is 19.6. The molecular formula is C33H36N6O6. The van der Waals surface area contributed by atoms with Crippen LogP contribution in [-0.2, 0) is 48.4 Å². The Hall–Kier alpha value is -4.17. The van der Waals surface area contributed by atoms with E-state index in [4.69, 9.17) is 43.7 Å². The predicted molar refractivity (Wildman–Crippen MR) is 165 cm³/mol. The number of anilines is 3. The van der Waals surface area contributed by atoms with Crippen LogP contribution < -0.4 is 15.2 Å². The molecular weight excluding hydrogens is 576 g/mol. The lowest BCUT2D eigenvalue weighted by Gasteiger charge is -2.28. The molecule has 7 rings (SSSR count). The summed E-state index contributed by atoms with van der Waals surface area (Å²) in [5, 5.41) is 5.04. The molecule has 0 saturated carbocycles. The first-order chi connectivity index (χ1) is 22.2. The second-order valence-corrected chi connectivity index (χ2v) is 11.1. The van der Waals surface area contributed by atoms with Gasteiger partial charge in [-0.1, -0.05) is 91.0 Å². The zero-order valence-corrected chi connectivity index (χ0v) is 24.9. The van der Waals surface area contributed by atoms with Crippen molar-refractivity contribution < 1.29 is 28.7 Å². The van der Waals surface area contributed by atoms with Gasteiger partial charge in [0.1, 0.15) is 38.1 Å². The number of epoxide rings is 3. The van der Waals surface area contributed by atoms with E-state index >= 15 is 0 Å². The van der Waals surface area contributed by atoms with Crippen molar-refractivity contribution in [2.24, 2.45) is 0 Å². The highest BCUT2D eigenvalue weighted by atomic mass is 16.7. The first kappa shape index (κ1) is 29.5. The van der Waals surface area contributed by atoms with Gasteiger partial charge in [-0.25, -0.2) is 15.2 Å². The third kappa shape index (κ3) is 8.94. The van der Waals surface area contributed by atoms with E-state index in [0.717, 1.165) is 16.7 Å². The zero-order chi connectivity index (χ0) is 30.3. The van der Waals surface area contributed by atoms with E-state index in [1.54, 1.807) is 15.2 Å². The summed E-state index contributed by atoms with van der Waals surface area (Å²) < 4.78 is 16.3. The standard InChI is InChI=1S/C33H36N6O6/c1-4-10-25(11-5-1)16-37(43-22-28-19-40-28)31-34-32(38(44-23-29-20-41-29)17-26-12-6-2-7-13-26)36-33(35-31)39(45-24-30-21-42-30)18-27-14-8-3-9-15-27/h1-15,28-30H,16-24H2. The molecule has 4 aromatic rings. The summed E-state index contributed by atoms with van der Waals surface area (Å²) in [6.45, 7) is 4.31. The highest BCUT2D eigenvalue weighted by molar-refractivity contribution is 5.45. The molecule has 3 atom stereocenters. The van der Waals surface area contributed by atoms with Crippen LogP contribution in [0, 0.1) is 0 Å². The maximum absolute atomic E-state index is 6.28. The van der Waals surface area contributed by atoms with E-state index < -0.39 is 0 Å². The van der Waals surface area contributed by atoms with E-state index in [9.17, 15) is 0 Å². The number of hydrogen-bond donors (Lipinski definition) is 0. The van der Waals surface area contributed by atoms with Gasteiger partial charge in [0.25, 0.3) is 17.8 Å².